The lowest BCUT2D eigenvalue weighted by atomic mass is 10.3. The summed E-state index contributed by atoms with van der Waals surface area (Å²) in [7, 11) is 1.59. The van der Waals surface area contributed by atoms with Crippen molar-refractivity contribution in [1.82, 2.24) is 9.99 Å². The van der Waals surface area contributed by atoms with Gasteiger partial charge in [0.25, 0.3) is 0 Å². The molecule has 6 nitrogen and oxygen atoms in total. The lowest BCUT2D eigenvalue weighted by Gasteiger charge is -2.07. The van der Waals surface area contributed by atoms with Crippen molar-refractivity contribution < 1.29 is 9.53 Å². The minimum Gasteiger partial charge on any atom is -0.497 e. The molecule has 0 radical (unpaired) electrons. The van der Waals surface area contributed by atoms with E-state index in [1.165, 1.54) is 0 Å². The van der Waals surface area contributed by atoms with E-state index in [2.05, 4.69) is 31.8 Å². The average Bonchev–Trinajstić information content (AvgIpc) is 3.11. The van der Waals surface area contributed by atoms with Crippen molar-refractivity contribution in [2.45, 2.75) is 0 Å². The van der Waals surface area contributed by atoms with E-state index in [-0.39, 0.29) is 0 Å². The fraction of sp³-hybridized carbons (Fsp3) is 0.0526. The number of aromatic nitrogens is 1. The molecular weight excluding hydrogens is 396 g/mol. The predicted molar refractivity (Wildman–Crippen MR) is 106 cm³/mol. The van der Waals surface area contributed by atoms with Gasteiger partial charge in [0.2, 0.25) is 0 Å². The van der Waals surface area contributed by atoms with Gasteiger partial charge >= 0.3 is 6.03 Å². The Kier molecular flexibility index (Phi) is 5.70. The molecule has 26 heavy (non-hydrogen) atoms. The fourth-order valence-corrected chi connectivity index (χ4v) is 2.74. The minimum atomic E-state index is -0.424. The van der Waals surface area contributed by atoms with Crippen molar-refractivity contribution in [3.05, 3.63) is 77.0 Å². The molecule has 2 aromatic carbocycles. The quantitative estimate of drug-likeness (QED) is 0.481. The van der Waals surface area contributed by atoms with Crippen LogP contribution in [0.25, 0.3) is 5.69 Å². The number of methoxy groups -OCH3 is 1. The average molecular weight is 413 g/mol. The van der Waals surface area contributed by atoms with Crippen molar-refractivity contribution >= 4 is 33.9 Å². The van der Waals surface area contributed by atoms with Crippen LogP contribution in [-0.4, -0.2) is 23.9 Å². The van der Waals surface area contributed by atoms with Gasteiger partial charge < -0.3 is 14.6 Å². The normalized spacial score (nSPS) is 10.7. The van der Waals surface area contributed by atoms with Crippen LogP contribution >= 0.6 is 15.9 Å². The summed E-state index contributed by atoms with van der Waals surface area (Å²) in [5.74, 6) is 0.724. The van der Waals surface area contributed by atoms with Gasteiger partial charge in [-0.2, -0.15) is 5.10 Å². The first-order chi connectivity index (χ1) is 12.7. The summed E-state index contributed by atoms with van der Waals surface area (Å²) in [4.78, 5) is 11.9. The maximum absolute atomic E-state index is 11.9. The van der Waals surface area contributed by atoms with Gasteiger partial charge in [0.05, 0.1) is 19.0 Å². The van der Waals surface area contributed by atoms with Gasteiger partial charge in [-0.3, -0.25) is 0 Å². The molecule has 0 fully saturated rings. The second-order valence-electron chi connectivity index (χ2n) is 5.34. The van der Waals surface area contributed by atoms with Gasteiger partial charge in [0, 0.05) is 22.0 Å². The molecule has 3 rings (SSSR count). The van der Waals surface area contributed by atoms with Crippen LogP contribution in [0.4, 0.5) is 10.5 Å². The van der Waals surface area contributed by atoms with Gasteiger partial charge in [0.1, 0.15) is 5.75 Å². The Hall–Kier alpha value is -3.06. The molecule has 2 amide bonds. The van der Waals surface area contributed by atoms with Gasteiger partial charge in [-0.05, 0) is 54.6 Å². The first-order valence-electron chi connectivity index (χ1n) is 7.83. The molecule has 2 N–H and O–H groups in total. The Morgan fingerprint density at radius 2 is 1.96 bits per heavy atom. The number of benzene rings is 2. The first kappa shape index (κ1) is 17.8. The number of carbonyl (C=O) groups excluding carboxylic acids is 1. The van der Waals surface area contributed by atoms with E-state index < -0.39 is 6.03 Å². The largest absolute Gasteiger partial charge is 0.497 e. The number of nitrogens with zero attached hydrogens (tertiary/aromatic N) is 2. The summed E-state index contributed by atoms with van der Waals surface area (Å²) in [5.41, 5.74) is 4.94. The van der Waals surface area contributed by atoms with Crippen molar-refractivity contribution in [2.24, 2.45) is 5.10 Å². The molecule has 132 valence electrons. The number of hydrazone groups is 1. The minimum absolute atomic E-state index is 0.424. The third-order valence-electron chi connectivity index (χ3n) is 3.58. The predicted octanol–water partition coefficient (Wildman–Crippen LogP) is 4.40. The Balaban J connectivity index is 1.62. The van der Waals surface area contributed by atoms with E-state index in [0.29, 0.717) is 5.69 Å². The second kappa shape index (κ2) is 8.35. The molecule has 0 unspecified atom stereocenters. The number of hydrogen-bond donors (Lipinski definition) is 2. The zero-order valence-electron chi connectivity index (χ0n) is 14.0. The summed E-state index contributed by atoms with van der Waals surface area (Å²) in [6.45, 7) is 0. The summed E-state index contributed by atoms with van der Waals surface area (Å²) in [6.07, 6.45) is 3.52. The number of hydrogen-bond acceptors (Lipinski definition) is 3. The zero-order chi connectivity index (χ0) is 18.4. The smallest absolute Gasteiger partial charge is 0.339 e. The molecule has 0 spiro atoms. The van der Waals surface area contributed by atoms with Crippen LogP contribution in [0.1, 0.15) is 5.69 Å². The number of anilines is 1. The molecule has 0 aliphatic carbocycles. The second-order valence-corrected chi connectivity index (χ2v) is 6.25. The molecule has 0 saturated carbocycles. The van der Waals surface area contributed by atoms with E-state index in [0.717, 1.165) is 21.6 Å². The number of ether oxygens (including phenoxy) is 1. The molecule has 0 aliphatic heterocycles. The van der Waals surface area contributed by atoms with Gasteiger partial charge in [0.15, 0.2) is 0 Å². The molecule has 0 aliphatic rings. The third-order valence-corrected chi connectivity index (χ3v) is 4.07. The highest BCUT2D eigenvalue weighted by atomic mass is 79.9. The molecule has 7 heteroatoms. The van der Waals surface area contributed by atoms with E-state index in [4.69, 9.17) is 4.74 Å². The number of amides is 2. The monoisotopic (exact) mass is 412 g/mol. The number of nitrogens with one attached hydrogen (secondary N) is 2. The molecule has 1 heterocycles. The third kappa shape index (κ3) is 4.52. The molecular formula is C19H17BrN4O2. The van der Waals surface area contributed by atoms with Gasteiger partial charge in [-0.25, -0.2) is 10.2 Å². The number of carbonyl (C=O) groups is 1. The van der Waals surface area contributed by atoms with E-state index >= 15 is 0 Å². The van der Waals surface area contributed by atoms with Gasteiger partial charge in [-0.15, -0.1) is 0 Å². The SMILES string of the molecule is COc1ccc(NC(=O)N/N=C/c2cccn2-c2cccc(Br)c2)cc1. The maximum atomic E-state index is 11.9. The summed E-state index contributed by atoms with van der Waals surface area (Å²) in [6, 6.07) is 18.4. The number of halogens is 1. The summed E-state index contributed by atoms with van der Waals surface area (Å²) >= 11 is 3.46. The molecule has 0 bridgehead atoms. The van der Waals surface area contributed by atoms with Crippen LogP contribution in [0.3, 0.4) is 0 Å². The van der Waals surface area contributed by atoms with Gasteiger partial charge in [-0.1, -0.05) is 22.0 Å². The van der Waals surface area contributed by atoms with Crippen LogP contribution < -0.4 is 15.5 Å². The standard InChI is InChI=1S/C19H17BrN4O2/c1-26-18-9-7-15(8-10-18)22-19(25)23-21-13-17-6-3-11-24(17)16-5-2-4-14(20)12-16/h2-13H,1H3,(H2,22,23,25)/b21-13+. The van der Waals surface area contributed by atoms with E-state index in [9.17, 15) is 4.79 Å². The zero-order valence-corrected chi connectivity index (χ0v) is 15.6. The topological polar surface area (TPSA) is 67.7 Å². The Bertz CT molecular complexity index is 919. The lowest BCUT2D eigenvalue weighted by molar-refractivity contribution is 0.252. The summed E-state index contributed by atoms with van der Waals surface area (Å²) in [5, 5.41) is 6.70. The van der Waals surface area contributed by atoms with E-state index in [1.54, 1.807) is 37.6 Å². The van der Waals surface area contributed by atoms with Crippen molar-refractivity contribution in [2.75, 3.05) is 12.4 Å². The molecule has 1 aromatic heterocycles. The highest BCUT2D eigenvalue weighted by Crippen LogP contribution is 2.17. The highest BCUT2D eigenvalue weighted by molar-refractivity contribution is 9.10. The van der Waals surface area contributed by atoms with Crippen LogP contribution in [0.5, 0.6) is 5.75 Å². The highest BCUT2D eigenvalue weighted by Gasteiger charge is 2.03. The molecule has 0 saturated heterocycles. The Morgan fingerprint density at radius 3 is 2.69 bits per heavy atom. The lowest BCUT2D eigenvalue weighted by Crippen LogP contribution is -2.24. The Morgan fingerprint density at radius 1 is 1.15 bits per heavy atom. The van der Waals surface area contributed by atoms with Crippen molar-refractivity contribution in [3.8, 4) is 11.4 Å². The Labute approximate surface area is 159 Å². The van der Waals surface area contributed by atoms with E-state index in [1.807, 2.05) is 47.2 Å². The molecule has 3 aromatic rings. The van der Waals surface area contributed by atoms with Crippen LogP contribution in [0.2, 0.25) is 0 Å². The van der Waals surface area contributed by atoms with Crippen molar-refractivity contribution in [1.29, 1.82) is 0 Å². The maximum Gasteiger partial charge on any atom is 0.339 e. The van der Waals surface area contributed by atoms with Crippen LogP contribution in [-0.2, 0) is 0 Å². The molecule has 0 atom stereocenters. The fourth-order valence-electron chi connectivity index (χ4n) is 2.35. The first-order valence-corrected chi connectivity index (χ1v) is 8.62. The van der Waals surface area contributed by atoms with Crippen molar-refractivity contribution in [3.63, 3.8) is 0 Å². The van der Waals surface area contributed by atoms with Crippen LogP contribution in [0.15, 0.2) is 76.4 Å². The number of rotatable bonds is 5. The summed E-state index contributed by atoms with van der Waals surface area (Å²) < 4.78 is 8.04. The van der Waals surface area contributed by atoms with Crippen LogP contribution in [0, 0.1) is 0 Å². The number of urea groups is 1.